The molecule has 0 spiro atoms. The van der Waals surface area contributed by atoms with Gasteiger partial charge in [0.1, 0.15) is 23.2 Å². The van der Waals surface area contributed by atoms with E-state index < -0.39 is 47.0 Å². The van der Waals surface area contributed by atoms with E-state index in [2.05, 4.69) is 5.32 Å². The molecule has 0 bridgehead atoms. The zero-order valence-electron chi connectivity index (χ0n) is 19.2. The van der Waals surface area contributed by atoms with Gasteiger partial charge in [-0.1, -0.05) is 42.5 Å². The predicted molar refractivity (Wildman–Crippen MR) is 127 cm³/mol. The standard InChI is InChI=1S/C27H23NO8/c1-13(36-26(34)28-14-7-3-2-4-8-14)27(35)11-17-19(18(29)12-27)25(33)21-20(24(17)32)22(30)15-9-5-6-10-16(15)23(21)31/h2-10,13,18,29,32-33,35H,11-12H2,1H3,(H,28,34)/t13?,18-,27-/m0/s1. The van der Waals surface area contributed by atoms with Gasteiger partial charge in [0, 0.05) is 40.8 Å². The van der Waals surface area contributed by atoms with Gasteiger partial charge in [0.15, 0.2) is 11.6 Å². The van der Waals surface area contributed by atoms with Gasteiger partial charge in [-0.15, -0.1) is 0 Å². The third kappa shape index (κ3) is 3.60. The summed E-state index contributed by atoms with van der Waals surface area (Å²) in [7, 11) is 0. The Morgan fingerprint density at radius 2 is 1.53 bits per heavy atom. The average molecular weight is 489 g/mol. The van der Waals surface area contributed by atoms with Gasteiger partial charge in [-0.25, -0.2) is 4.79 Å². The highest BCUT2D eigenvalue weighted by atomic mass is 16.6. The van der Waals surface area contributed by atoms with Gasteiger partial charge in [-0.2, -0.15) is 0 Å². The molecule has 0 aliphatic heterocycles. The van der Waals surface area contributed by atoms with Gasteiger partial charge in [0.25, 0.3) is 0 Å². The van der Waals surface area contributed by atoms with Crippen LogP contribution >= 0.6 is 0 Å². The third-order valence-electron chi connectivity index (χ3n) is 6.88. The molecule has 184 valence electrons. The summed E-state index contributed by atoms with van der Waals surface area (Å²) in [6.45, 7) is 1.43. The van der Waals surface area contributed by atoms with Crippen LogP contribution in [0.5, 0.6) is 11.5 Å². The number of benzene rings is 3. The minimum atomic E-state index is -1.85. The van der Waals surface area contributed by atoms with Gasteiger partial charge in [-0.05, 0) is 19.1 Å². The smallest absolute Gasteiger partial charge is 0.411 e. The maximum absolute atomic E-state index is 13.2. The Kier molecular flexibility index (Phi) is 5.54. The maximum Gasteiger partial charge on any atom is 0.411 e. The van der Waals surface area contributed by atoms with Gasteiger partial charge >= 0.3 is 6.09 Å². The summed E-state index contributed by atoms with van der Waals surface area (Å²) in [5, 5.41) is 46.9. The normalized spacial score (nSPS) is 21.1. The van der Waals surface area contributed by atoms with Crippen LogP contribution < -0.4 is 5.32 Å². The molecule has 5 rings (SSSR count). The number of aliphatic hydroxyl groups is 2. The first-order valence-electron chi connectivity index (χ1n) is 11.3. The lowest BCUT2D eigenvalue weighted by Gasteiger charge is -2.40. The molecule has 2 aliphatic rings. The van der Waals surface area contributed by atoms with Crippen molar-refractivity contribution in [3.05, 3.63) is 88.0 Å². The third-order valence-corrected chi connectivity index (χ3v) is 6.88. The molecule has 1 unspecified atom stereocenters. The summed E-state index contributed by atoms with van der Waals surface area (Å²) in [6, 6.07) is 14.6. The summed E-state index contributed by atoms with van der Waals surface area (Å²) in [4.78, 5) is 38.7. The second-order valence-corrected chi connectivity index (χ2v) is 9.08. The molecule has 3 aromatic rings. The summed E-state index contributed by atoms with van der Waals surface area (Å²) in [5.41, 5.74) is -2.22. The van der Waals surface area contributed by atoms with Gasteiger partial charge in [0.05, 0.1) is 17.2 Å². The van der Waals surface area contributed by atoms with Crippen molar-refractivity contribution >= 4 is 23.3 Å². The Morgan fingerprint density at radius 3 is 2.14 bits per heavy atom. The minimum absolute atomic E-state index is 0.0746. The maximum atomic E-state index is 13.2. The summed E-state index contributed by atoms with van der Waals surface area (Å²) in [6.07, 6.45) is -4.21. The van der Waals surface area contributed by atoms with E-state index in [0.29, 0.717) is 5.69 Å². The number of carbonyl (C=O) groups excluding carboxylic acids is 3. The molecular weight excluding hydrogens is 466 g/mol. The number of phenols is 2. The molecule has 5 N–H and O–H groups in total. The number of nitrogens with one attached hydrogen (secondary N) is 1. The zero-order chi connectivity index (χ0) is 25.8. The van der Waals surface area contributed by atoms with E-state index in [1.807, 2.05) is 0 Å². The second-order valence-electron chi connectivity index (χ2n) is 9.08. The van der Waals surface area contributed by atoms with Gasteiger partial charge in [0.2, 0.25) is 0 Å². The number of amides is 1. The van der Waals surface area contributed by atoms with E-state index in [1.165, 1.54) is 19.1 Å². The number of aromatic hydroxyl groups is 2. The molecular formula is C27H23NO8. The number of aliphatic hydroxyl groups excluding tert-OH is 1. The van der Waals surface area contributed by atoms with Crippen LogP contribution in [0, 0.1) is 0 Å². The Hall–Kier alpha value is -4.21. The van der Waals surface area contributed by atoms with Crippen molar-refractivity contribution in [1.29, 1.82) is 0 Å². The van der Waals surface area contributed by atoms with E-state index in [1.54, 1.807) is 42.5 Å². The monoisotopic (exact) mass is 489 g/mol. The largest absolute Gasteiger partial charge is 0.507 e. The molecule has 0 radical (unpaired) electrons. The first kappa shape index (κ1) is 23.5. The summed E-state index contributed by atoms with van der Waals surface area (Å²) in [5.74, 6) is -2.54. The number of ether oxygens (including phenoxy) is 1. The van der Waals surface area contributed by atoms with Crippen LogP contribution in [0.25, 0.3) is 0 Å². The van der Waals surface area contributed by atoms with Crippen LogP contribution in [0.4, 0.5) is 10.5 Å². The van der Waals surface area contributed by atoms with E-state index in [0.717, 1.165) is 0 Å². The fourth-order valence-electron chi connectivity index (χ4n) is 4.99. The Labute approximate surface area is 205 Å². The lowest BCUT2D eigenvalue weighted by atomic mass is 9.72. The zero-order valence-corrected chi connectivity index (χ0v) is 19.2. The van der Waals surface area contributed by atoms with Crippen LogP contribution in [0.15, 0.2) is 54.6 Å². The van der Waals surface area contributed by atoms with Crippen LogP contribution in [0.3, 0.4) is 0 Å². The minimum Gasteiger partial charge on any atom is -0.507 e. The first-order valence-corrected chi connectivity index (χ1v) is 11.3. The topological polar surface area (TPSA) is 153 Å². The Morgan fingerprint density at radius 1 is 0.972 bits per heavy atom. The van der Waals surface area contributed by atoms with E-state index in [4.69, 9.17) is 4.74 Å². The molecule has 1 amide bonds. The fourth-order valence-corrected chi connectivity index (χ4v) is 4.99. The van der Waals surface area contributed by atoms with Crippen molar-refractivity contribution in [2.24, 2.45) is 0 Å². The SMILES string of the molecule is CC(OC(=O)Nc1ccccc1)[C@]1(O)Cc2c(O)c3c(c(O)c2[C@@H](O)C1)C(=O)c1ccccc1C3=O. The Balaban J connectivity index is 1.50. The van der Waals surface area contributed by atoms with Gasteiger partial charge in [-0.3, -0.25) is 14.9 Å². The predicted octanol–water partition coefficient (Wildman–Crippen LogP) is 3.22. The second kappa shape index (κ2) is 8.47. The van der Waals surface area contributed by atoms with Crippen LogP contribution in [-0.2, 0) is 11.2 Å². The number of carbonyl (C=O) groups is 3. The first-order chi connectivity index (χ1) is 17.1. The van der Waals surface area contributed by atoms with Crippen LogP contribution in [0.1, 0.15) is 62.4 Å². The highest BCUT2D eigenvalue weighted by Gasteiger charge is 2.48. The number of hydrogen-bond acceptors (Lipinski definition) is 8. The highest BCUT2D eigenvalue weighted by Crippen LogP contribution is 2.50. The van der Waals surface area contributed by atoms with Crippen molar-refractivity contribution in [1.82, 2.24) is 0 Å². The number of rotatable bonds is 3. The lowest BCUT2D eigenvalue weighted by Crippen LogP contribution is -2.49. The number of ketones is 2. The van der Waals surface area contributed by atoms with Crippen molar-refractivity contribution in [2.75, 3.05) is 5.32 Å². The number of anilines is 1. The molecule has 3 aromatic carbocycles. The van der Waals surface area contributed by atoms with E-state index in [9.17, 15) is 34.8 Å². The molecule has 9 nitrogen and oxygen atoms in total. The fraction of sp³-hybridized carbons (Fsp3) is 0.222. The summed E-state index contributed by atoms with van der Waals surface area (Å²) >= 11 is 0. The molecule has 0 saturated carbocycles. The molecule has 0 aromatic heterocycles. The number of para-hydroxylation sites is 1. The quantitative estimate of drug-likeness (QED) is 0.275. The Bertz CT molecular complexity index is 1420. The van der Waals surface area contributed by atoms with Crippen LogP contribution in [-0.4, -0.2) is 49.8 Å². The summed E-state index contributed by atoms with van der Waals surface area (Å²) < 4.78 is 5.35. The van der Waals surface area contributed by atoms with E-state index >= 15 is 0 Å². The van der Waals surface area contributed by atoms with Crippen molar-refractivity contribution in [2.45, 2.75) is 37.6 Å². The van der Waals surface area contributed by atoms with E-state index in [-0.39, 0.29) is 46.2 Å². The molecule has 0 fully saturated rings. The molecule has 9 heteroatoms. The van der Waals surface area contributed by atoms with Crippen LogP contribution in [0.2, 0.25) is 0 Å². The van der Waals surface area contributed by atoms with Crippen molar-refractivity contribution in [3.8, 4) is 11.5 Å². The molecule has 36 heavy (non-hydrogen) atoms. The molecule has 2 aliphatic carbocycles. The van der Waals surface area contributed by atoms with Gasteiger partial charge < -0.3 is 25.2 Å². The van der Waals surface area contributed by atoms with Crippen molar-refractivity contribution < 1.29 is 39.5 Å². The van der Waals surface area contributed by atoms with Crippen molar-refractivity contribution in [3.63, 3.8) is 0 Å². The number of phenolic OH excluding ortho intramolecular Hbond substituents is 2. The number of fused-ring (bicyclic) bond motifs is 3. The number of hydrogen-bond donors (Lipinski definition) is 5. The molecule has 0 heterocycles. The highest BCUT2D eigenvalue weighted by molar-refractivity contribution is 6.30. The molecule has 0 saturated heterocycles. The molecule has 3 atom stereocenters. The lowest BCUT2D eigenvalue weighted by molar-refractivity contribution is -0.101. The average Bonchev–Trinajstić information content (AvgIpc) is 2.85.